The van der Waals surface area contributed by atoms with Gasteiger partial charge in [-0.25, -0.2) is 4.57 Å². The molecule has 0 heterocycles. The lowest BCUT2D eigenvalue weighted by atomic mass is 10.1. The number of esters is 1. The predicted molar refractivity (Wildman–Crippen MR) is 240 cm³/mol. The molecular weight excluding hydrogens is 753 g/mol. The molecule has 0 aromatic rings. The van der Waals surface area contributed by atoms with Crippen LogP contribution < -0.4 is 5.73 Å². The van der Waals surface area contributed by atoms with E-state index in [-0.39, 0.29) is 13.0 Å². The Labute approximate surface area is 355 Å². The second-order valence-electron chi connectivity index (χ2n) is 15.9. The van der Waals surface area contributed by atoms with Gasteiger partial charge in [0, 0.05) is 13.0 Å². The van der Waals surface area contributed by atoms with Gasteiger partial charge in [-0.3, -0.25) is 18.6 Å². The fraction of sp³-hybridized carbons (Fsp3) is 0.830. The lowest BCUT2D eigenvalue weighted by Crippen LogP contribution is -2.34. The maximum Gasteiger partial charge on any atom is 0.472 e. The number of unbranched alkanes of at least 4 members (excludes halogenated alkanes) is 25. The van der Waals surface area contributed by atoms with Gasteiger partial charge < -0.3 is 25.2 Å². The largest absolute Gasteiger partial charge is 0.480 e. The zero-order valence-electron chi connectivity index (χ0n) is 37.1. The summed E-state index contributed by atoms with van der Waals surface area (Å²) in [6.45, 7) is 3.86. The quantitative estimate of drug-likeness (QED) is 0.0233. The number of rotatable bonds is 45. The van der Waals surface area contributed by atoms with Crippen molar-refractivity contribution in [2.24, 2.45) is 5.73 Å². The van der Waals surface area contributed by atoms with Gasteiger partial charge >= 0.3 is 19.8 Å². The lowest BCUT2D eigenvalue weighted by molar-refractivity contribution is -0.154. The Hall–Kier alpha value is -1.81. The first-order valence-electron chi connectivity index (χ1n) is 23.5. The Bertz CT molecular complexity index is 1070. The fourth-order valence-electron chi connectivity index (χ4n) is 6.45. The average molecular weight is 842 g/mol. The molecule has 0 aromatic heterocycles. The summed E-state index contributed by atoms with van der Waals surface area (Å²) in [5.41, 5.74) is 5.36. The van der Waals surface area contributed by atoms with Crippen molar-refractivity contribution in [3.63, 3.8) is 0 Å². The molecule has 0 spiro atoms. The monoisotopic (exact) mass is 842 g/mol. The average Bonchev–Trinajstić information content (AvgIpc) is 3.20. The molecule has 0 aliphatic rings. The smallest absolute Gasteiger partial charge is 0.472 e. The topological polar surface area (TPSA) is 155 Å². The van der Waals surface area contributed by atoms with Crippen LogP contribution in [0.3, 0.4) is 0 Å². The molecule has 0 aromatic carbocycles. The van der Waals surface area contributed by atoms with Crippen LogP contribution in [0, 0.1) is 0 Å². The minimum absolute atomic E-state index is 0.0127. The molecule has 340 valence electrons. The van der Waals surface area contributed by atoms with Crippen LogP contribution in [-0.2, 0) is 32.7 Å². The molecule has 10 nitrogen and oxygen atoms in total. The highest BCUT2D eigenvalue weighted by molar-refractivity contribution is 7.47. The maximum absolute atomic E-state index is 12.7. The van der Waals surface area contributed by atoms with Crippen molar-refractivity contribution >= 4 is 19.8 Å². The number of carbonyl (C=O) groups is 2. The number of hydrogen-bond donors (Lipinski definition) is 3. The van der Waals surface area contributed by atoms with Gasteiger partial charge in [-0.1, -0.05) is 172 Å². The molecule has 0 aliphatic carbocycles. The van der Waals surface area contributed by atoms with Crippen LogP contribution in [0.5, 0.6) is 0 Å². The Morgan fingerprint density at radius 1 is 0.552 bits per heavy atom. The van der Waals surface area contributed by atoms with Crippen LogP contribution in [0.15, 0.2) is 36.5 Å². The van der Waals surface area contributed by atoms with Gasteiger partial charge in [0.25, 0.3) is 0 Å². The van der Waals surface area contributed by atoms with E-state index in [0.717, 1.165) is 51.4 Å². The Balaban J connectivity index is 4.20. The van der Waals surface area contributed by atoms with Crippen LogP contribution in [0.4, 0.5) is 0 Å². The summed E-state index contributed by atoms with van der Waals surface area (Å²) in [7, 11) is -4.62. The Morgan fingerprint density at radius 3 is 1.45 bits per heavy atom. The molecular formula is C47H88NO9P. The van der Waals surface area contributed by atoms with Crippen LogP contribution in [-0.4, -0.2) is 60.5 Å². The standard InChI is InChI=1S/C47H88NO9P/c1-3-5-7-9-11-13-15-17-19-21-22-24-26-28-30-32-34-36-38-40-54-41-44(42-55-58(52,53)56-43-45(48)47(50)51)57-46(49)39-37-35-33-31-29-27-25-23-20-18-16-14-12-10-8-6-4-2/h12,14,18-21,44-45H,3-11,13,15-17,22-43,48H2,1-2H3,(H,50,51)(H,52,53)/b14-12-,20-18-,21-19-. The molecule has 0 saturated carbocycles. The highest BCUT2D eigenvalue weighted by atomic mass is 31.2. The van der Waals surface area contributed by atoms with Crippen molar-refractivity contribution in [1.82, 2.24) is 0 Å². The third-order valence-electron chi connectivity index (χ3n) is 10.1. The van der Waals surface area contributed by atoms with Gasteiger partial charge in [0.1, 0.15) is 12.1 Å². The van der Waals surface area contributed by atoms with Gasteiger partial charge in [-0.05, 0) is 70.6 Å². The van der Waals surface area contributed by atoms with E-state index in [2.05, 4.69) is 50.3 Å². The van der Waals surface area contributed by atoms with Crippen molar-refractivity contribution in [3.8, 4) is 0 Å². The van der Waals surface area contributed by atoms with Crippen molar-refractivity contribution < 1.29 is 42.7 Å². The van der Waals surface area contributed by atoms with Crippen LogP contribution in [0.2, 0.25) is 0 Å². The molecule has 3 atom stereocenters. The molecule has 58 heavy (non-hydrogen) atoms. The molecule has 0 aliphatic heterocycles. The molecule has 0 rings (SSSR count). The van der Waals surface area contributed by atoms with E-state index in [9.17, 15) is 19.0 Å². The number of nitrogens with two attached hydrogens (primary N) is 1. The summed E-state index contributed by atoms with van der Waals surface area (Å²) >= 11 is 0. The summed E-state index contributed by atoms with van der Waals surface area (Å²) < 4.78 is 33.4. The van der Waals surface area contributed by atoms with Crippen LogP contribution in [0.1, 0.15) is 213 Å². The van der Waals surface area contributed by atoms with Gasteiger partial charge in [0.15, 0.2) is 0 Å². The number of carboxylic acid groups (broad SMARTS) is 1. The van der Waals surface area contributed by atoms with Gasteiger partial charge in [0.2, 0.25) is 0 Å². The van der Waals surface area contributed by atoms with Crippen LogP contribution >= 0.6 is 7.82 Å². The molecule has 3 unspecified atom stereocenters. The number of phosphoric acid groups is 1. The van der Waals surface area contributed by atoms with Gasteiger partial charge in [-0.15, -0.1) is 0 Å². The van der Waals surface area contributed by atoms with Crippen molar-refractivity contribution in [2.45, 2.75) is 225 Å². The lowest BCUT2D eigenvalue weighted by Gasteiger charge is -2.20. The molecule has 0 fully saturated rings. The molecule has 4 N–H and O–H groups in total. The summed E-state index contributed by atoms with van der Waals surface area (Å²) in [6, 6.07) is -1.47. The van der Waals surface area contributed by atoms with E-state index in [4.69, 9.17) is 29.4 Å². The Morgan fingerprint density at radius 2 is 0.948 bits per heavy atom. The number of allylic oxidation sites excluding steroid dienone is 6. The molecule has 0 bridgehead atoms. The van der Waals surface area contributed by atoms with Crippen LogP contribution in [0.25, 0.3) is 0 Å². The van der Waals surface area contributed by atoms with Gasteiger partial charge in [0.05, 0.1) is 19.8 Å². The normalized spacial score (nSPS) is 14.1. The minimum atomic E-state index is -4.62. The van der Waals surface area contributed by atoms with E-state index in [1.807, 2.05) is 0 Å². The van der Waals surface area contributed by atoms with Crippen molar-refractivity contribution in [3.05, 3.63) is 36.5 Å². The summed E-state index contributed by atoms with van der Waals surface area (Å²) in [5, 5.41) is 8.91. The van der Waals surface area contributed by atoms with Gasteiger partial charge in [-0.2, -0.15) is 0 Å². The summed E-state index contributed by atoms with van der Waals surface area (Å²) in [6.07, 6.45) is 49.0. The number of carboxylic acids is 1. The number of aliphatic carboxylic acids is 1. The van der Waals surface area contributed by atoms with E-state index in [0.29, 0.717) is 13.0 Å². The Kier molecular flexibility index (Phi) is 41.9. The first-order chi connectivity index (χ1) is 28.2. The second kappa shape index (κ2) is 43.3. The second-order valence-corrected chi connectivity index (χ2v) is 17.3. The number of carbonyl (C=O) groups excluding carboxylic acids is 1. The van der Waals surface area contributed by atoms with E-state index in [1.54, 1.807) is 0 Å². The summed E-state index contributed by atoms with van der Waals surface area (Å²) in [4.78, 5) is 33.6. The number of hydrogen-bond acceptors (Lipinski definition) is 8. The molecule has 0 amide bonds. The first-order valence-corrected chi connectivity index (χ1v) is 25.0. The highest BCUT2D eigenvalue weighted by Gasteiger charge is 2.27. The fourth-order valence-corrected chi connectivity index (χ4v) is 7.23. The third kappa shape index (κ3) is 42.3. The highest BCUT2D eigenvalue weighted by Crippen LogP contribution is 2.43. The zero-order valence-corrected chi connectivity index (χ0v) is 38.0. The van der Waals surface area contributed by atoms with Crippen molar-refractivity contribution in [1.29, 1.82) is 0 Å². The first kappa shape index (κ1) is 56.2. The molecule has 0 saturated heterocycles. The maximum atomic E-state index is 12.7. The zero-order chi connectivity index (χ0) is 42.6. The predicted octanol–water partition coefficient (Wildman–Crippen LogP) is 13.3. The SMILES string of the molecule is CCCCC/C=C\C/C=C\CCCCCCCCCC(=O)OC(COCCCCCCCCCC/C=C\CCCCCCCCC)COP(=O)(O)OCC(N)C(=O)O. The van der Waals surface area contributed by atoms with E-state index >= 15 is 0 Å². The third-order valence-corrected chi connectivity index (χ3v) is 11.1. The van der Waals surface area contributed by atoms with E-state index < -0.39 is 45.1 Å². The molecule has 11 heteroatoms. The van der Waals surface area contributed by atoms with E-state index in [1.165, 1.54) is 135 Å². The number of phosphoric ester groups is 1. The van der Waals surface area contributed by atoms with Crippen molar-refractivity contribution in [2.75, 3.05) is 26.4 Å². The summed E-state index contributed by atoms with van der Waals surface area (Å²) in [5.74, 6) is -1.78. The molecule has 0 radical (unpaired) electrons. The minimum Gasteiger partial charge on any atom is -0.480 e. The number of ether oxygens (including phenoxy) is 2.